The van der Waals surface area contributed by atoms with Crippen LogP contribution in [0, 0.1) is 16.0 Å². The zero-order valence-corrected chi connectivity index (χ0v) is 8.14. The number of nitro benzene ring substituents is 1. The fraction of sp³-hybridized carbons (Fsp3) is 0.400. The first-order chi connectivity index (χ1) is 7.16. The van der Waals surface area contributed by atoms with Gasteiger partial charge in [-0.1, -0.05) is 0 Å². The van der Waals surface area contributed by atoms with Gasteiger partial charge in [0.25, 0.3) is 5.69 Å². The van der Waals surface area contributed by atoms with Gasteiger partial charge < -0.3 is 10.4 Å². The first kappa shape index (κ1) is 9.92. The normalized spacial score (nSPS) is 16.0. The summed E-state index contributed by atoms with van der Waals surface area (Å²) in [6.45, 7) is 1.84. The smallest absolute Gasteiger partial charge is 0.269 e. The molecule has 0 spiro atoms. The summed E-state index contributed by atoms with van der Waals surface area (Å²) in [6.07, 6.45) is 0.695. The number of nitrogens with one attached hydrogen (secondary N) is 1. The highest BCUT2D eigenvalue weighted by molar-refractivity contribution is 5.43. The van der Waals surface area contributed by atoms with Crippen molar-refractivity contribution in [2.75, 3.05) is 13.1 Å². The first-order valence-corrected chi connectivity index (χ1v) is 4.84. The maximum atomic E-state index is 10.5. The molecule has 1 aromatic carbocycles. The molecule has 0 radical (unpaired) electrons. The summed E-state index contributed by atoms with van der Waals surface area (Å²) in [7, 11) is 0. The van der Waals surface area contributed by atoms with Crippen molar-refractivity contribution in [1.29, 1.82) is 0 Å². The Balaban J connectivity index is 2.19. The molecule has 0 unspecified atom stereocenters. The zero-order chi connectivity index (χ0) is 10.8. The predicted octanol–water partition coefficient (Wildman–Crippen LogP) is 1.06. The van der Waals surface area contributed by atoms with Crippen LogP contribution >= 0.6 is 0 Å². The van der Waals surface area contributed by atoms with Gasteiger partial charge in [-0.2, -0.15) is 0 Å². The van der Waals surface area contributed by atoms with Gasteiger partial charge in [0.15, 0.2) is 0 Å². The number of rotatable bonds is 3. The summed E-state index contributed by atoms with van der Waals surface area (Å²) in [5.74, 6) is 0.630. The topological polar surface area (TPSA) is 75.4 Å². The van der Waals surface area contributed by atoms with E-state index in [0.717, 1.165) is 13.1 Å². The van der Waals surface area contributed by atoms with Crippen LogP contribution in [0.15, 0.2) is 18.2 Å². The summed E-state index contributed by atoms with van der Waals surface area (Å²) >= 11 is 0. The molecular weight excluding hydrogens is 196 g/mol. The molecule has 1 aliphatic heterocycles. The van der Waals surface area contributed by atoms with Gasteiger partial charge in [0.1, 0.15) is 5.75 Å². The maximum Gasteiger partial charge on any atom is 0.269 e. The van der Waals surface area contributed by atoms with Crippen LogP contribution in [-0.2, 0) is 6.42 Å². The fourth-order valence-corrected chi connectivity index (χ4v) is 1.65. The number of nitro groups is 1. The number of phenolic OH excluding ortho intramolecular Hbond substituents is 1. The maximum absolute atomic E-state index is 10.5. The molecule has 1 aromatic rings. The molecular formula is C10H12N2O3. The standard InChI is InChI=1S/C10H12N2O3/c13-10-2-1-9(12(14)15)4-8(10)3-7-5-11-6-7/h1-2,4,7,11,13H,3,5-6H2. The molecule has 1 saturated heterocycles. The molecule has 1 aliphatic rings. The van der Waals surface area contributed by atoms with Crippen molar-refractivity contribution in [2.24, 2.45) is 5.92 Å². The summed E-state index contributed by atoms with van der Waals surface area (Å²) in [4.78, 5) is 10.1. The van der Waals surface area contributed by atoms with Gasteiger partial charge >= 0.3 is 0 Å². The number of nitrogens with zero attached hydrogens (tertiary/aromatic N) is 1. The third kappa shape index (κ3) is 2.07. The van der Waals surface area contributed by atoms with Crippen LogP contribution in [0.1, 0.15) is 5.56 Å². The van der Waals surface area contributed by atoms with E-state index in [9.17, 15) is 15.2 Å². The molecule has 0 atom stereocenters. The summed E-state index contributed by atoms with van der Waals surface area (Å²) in [5.41, 5.74) is 0.700. The van der Waals surface area contributed by atoms with Gasteiger partial charge in [-0.15, -0.1) is 0 Å². The number of benzene rings is 1. The molecule has 1 fully saturated rings. The molecule has 5 nitrogen and oxygen atoms in total. The Morgan fingerprint density at radius 2 is 2.27 bits per heavy atom. The van der Waals surface area contributed by atoms with Crippen LogP contribution < -0.4 is 5.32 Å². The lowest BCUT2D eigenvalue weighted by molar-refractivity contribution is -0.384. The van der Waals surface area contributed by atoms with E-state index >= 15 is 0 Å². The lowest BCUT2D eigenvalue weighted by atomic mass is 9.94. The Hall–Kier alpha value is -1.62. The number of hydrogen-bond donors (Lipinski definition) is 2. The molecule has 0 bridgehead atoms. The summed E-state index contributed by atoms with van der Waals surface area (Å²) in [5, 5.41) is 23.2. The summed E-state index contributed by atoms with van der Waals surface area (Å²) < 4.78 is 0. The Labute approximate surface area is 86.9 Å². The average Bonchev–Trinajstić information content (AvgIpc) is 2.13. The SMILES string of the molecule is O=[N+]([O-])c1ccc(O)c(CC2CNC2)c1. The Kier molecular flexibility index (Phi) is 2.55. The van der Waals surface area contributed by atoms with Crippen LogP contribution in [-0.4, -0.2) is 23.1 Å². The second-order valence-electron chi connectivity index (χ2n) is 3.80. The van der Waals surface area contributed by atoms with E-state index in [1.165, 1.54) is 18.2 Å². The van der Waals surface area contributed by atoms with Crippen molar-refractivity contribution in [3.05, 3.63) is 33.9 Å². The minimum absolute atomic E-state index is 0.0371. The van der Waals surface area contributed by atoms with E-state index in [-0.39, 0.29) is 11.4 Å². The van der Waals surface area contributed by atoms with Crippen LogP contribution in [0.5, 0.6) is 5.75 Å². The summed E-state index contributed by atoms with van der Waals surface area (Å²) in [6, 6.07) is 4.16. The Morgan fingerprint density at radius 3 is 2.80 bits per heavy atom. The first-order valence-electron chi connectivity index (χ1n) is 4.84. The fourth-order valence-electron chi connectivity index (χ4n) is 1.65. The number of phenols is 1. The van der Waals surface area contributed by atoms with E-state index in [0.29, 0.717) is 17.9 Å². The van der Waals surface area contributed by atoms with Crippen LogP contribution in [0.3, 0.4) is 0 Å². The molecule has 0 saturated carbocycles. The highest BCUT2D eigenvalue weighted by Gasteiger charge is 2.20. The van der Waals surface area contributed by atoms with Crippen LogP contribution in [0.25, 0.3) is 0 Å². The third-order valence-corrected chi connectivity index (χ3v) is 2.65. The molecule has 2 N–H and O–H groups in total. The minimum atomic E-state index is -0.442. The third-order valence-electron chi connectivity index (χ3n) is 2.65. The minimum Gasteiger partial charge on any atom is -0.508 e. The Bertz CT molecular complexity index is 388. The zero-order valence-electron chi connectivity index (χ0n) is 8.14. The quantitative estimate of drug-likeness (QED) is 0.575. The lowest BCUT2D eigenvalue weighted by Gasteiger charge is -2.27. The van der Waals surface area contributed by atoms with Gasteiger partial charge in [0.2, 0.25) is 0 Å². The molecule has 5 heteroatoms. The molecule has 0 aromatic heterocycles. The molecule has 2 rings (SSSR count). The van der Waals surface area contributed by atoms with E-state index in [2.05, 4.69) is 5.32 Å². The van der Waals surface area contributed by atoms with Gasteiger partial charge in [-0.05, 0) is 31.5 Å². The van der Waals surface area contributed by atoms with Crippen molar-refractivity contribution in [1.82, 2.24) is 5.32 Å². The second kappa shape index (κ2) is 3.86. The van der Waals surface area contributed by atoms with Crippen molar-refractivity contribution >= 4 is 5.69 Å². The lowest BCUT2D eigenvalue weighted by Crippen LogP contribution is -2.43. The van der Waals surface area contributed by atoms with E-state index in [4.69, 9.17) is 0 Å². The number of aromatic hydroxyl groups is 1. The molecule has 0 amide bonds. The van der Waals surface area contributed by atoms with Crippen molar-refractivity contribution in [3.8, 4) is 5.75 Å². The largest absolute Gasteiger partial charge is 0.508 e. The predicted molar refractivity (Wildman–Crippen MR) is 54.8 cm³/mol. The highest BCUT2D eigenvalue weighted by atomic mass is 16.6. The Morgan fingerprint density at radius 1 is 1.53 bits per heavy atom. The highest BCUT2D eigenvalue weighted by Crippen LogP contribution is 2.26. The molecule has 15 heavy (non-hydrogen) atoms. The average molecular weight is 208 g/mol. The van der Waals surface area contributed by atoms with Crippen molar-refractivity contribution < 1.29 is 10.0 Å². The number of non-ortho nitro benzene ring substituents is 1. The van der Waals surface area contributed by atoms with Gasteiger partial charge in [-0.25, -0.2) is 0 Å². The molecule has 0 aliphatic carbocycles. The van der Waals surface area contributed by atoms with Gasteiger partial charge in [0.05, 0.1) is 4.92 Å². The second-order valence-corrected chi connectivity index (χ2v) is 3.80. The van der Waals surface area contributed by atoms with Crippen molar-refractivity contribution in [3.63, 3.8) is 0 Å². The van der Waals surface area contributed by atoms with E-state index < -0.39 is 4.92 Å². The van der Waals surface area contributed by atoms with E-state index in [1.807, 2.05) is 0 Å². The van der Waals surface area contributed by atoms with Gasteiger partial charge in [0, 0.05) is 17.7 Å². The monoisotopic (exact) mass is 208 g/mol. The van der Waals surface area contributed by atoms with E-state index in [1.54, 1.807) is 0 Å². The van der Waals surface area contributed by atoms with Gasteiger partial charge in [-0.3, -0.25) is 10.1 Å². The number of hydrogen-bond acceptors (Lipinski definition) is 4. The van der Waals surface area contributed by atoms with Crippen LogP contribution in [0.4, 0.5) is 5.69 Å². The van der Waals surface area contributed by atoms with Crippen molar-refractivity contribution in [2.45, 2.75) is 6.42 Å². The molecule has 1 heterocycles. The molecule has 80 valence electrons. The van der Waals surface area contributed by atoms with Crippen LogP contribution in [0.2, 0.25) is 0 Å².